The fourth-order valence-electron chi connectivity index (χ4n) is 2.23. The number of para-hydroxylation sites is 1. The molecule has 1 aliphatic rings. The second-order valence-corrected chi connectivity index (χ2v) is 4.57. The van der Waals surface area contributed by atoms with Gasteiger partial charge in [0.15, 0.2) is 0 Å². The Morgan fingerprint density at radius 3 is 2.29 bits per heavy atom. The van der Waals surface area contributed by atoms with Crippen molar-refractivity contribution in [2.24, 2.45) is 0 Å². The SMILES string of the molecule is O=C1Oc2oc3ccccc3c2OC(=O)c2cccc1c2. The van der Waals surface area contributed by atoms with Crippen molar-refractivity contribution in [3.05, 3.63) is 59.7 Å². The normalized spacial score (nSPS) is 13.7. The summed E-state index contributed by atoms with van der Waals surface area (Å²) in [5.41, 5.74) is 1.02. The number of furan rings is 1. The maximum Gasteiger partial charge on any atom is 0.346 e. The van der Waals surface area contributed by atoms with Gasteiger partial charge in [-0.05, 0) is 30.3 Å². The zero-order valence-corrected chi connectivity index (χ0v) is 10.7. The van der Waals surface area contributed by atoms with Crippen LogP contribution >= 0.6 is 0 Å². The van der Waals surface area contributed by atoms with Gasteiger partial charge in [0.25, 0.3) is 0 Å². The number of rotatable bonds is 0. The minimum atomic E-state index is -0.601. The van der Waals surface area contributed by atoms with E-state index in [4.69, 9.17) is 13.9 Å². The van der Waals surface area contributed by atoms with E-state index in [0.29, 0.717) is 11.0 Å². The Kier molecular flexibility index (Phi) is 2.35. The lowest BCUT2D eigenvalue weighted by atomic mass is 10.1. The van der Waals surface area contributed by atoms with E-state index >= 15 is 0 Å². The van der Waals surface area contributed by atoms with Crippen molar-refractivity contribution in [1.29, 1.82) is 0 Å². The Bertz CT molecular complexity index is 891. The molecule has 4 rings (SSSR count). The van der Waals surface area contributed by atoms with E-state index in [1.54, 1.807) is 42.5 Å². The lowest BCUT2D eigenvalue weighted by Gasteiger charge is -2.01. The van der Waals surface area contributed by atoms with Gasteiger partial charge in [0.1, 0.15) is 5.58 Å². The molecular weight excluding hydrogens is 272 g/mol. The highest BCUT2D eigenvalue weighted by Gasteiger charge is 2.26. The Morgan fingerprint density at radius 1 is 0.762 bits per heavy atom. The summed E-state index contributed by atoms with van der Waals surface area (Å²) >= 11 is 0. The van der Waals surface area contributed by atoms with Gasteiger partial charge in [0.05, 0.1) is 16.5 Å². The molecule has 2 aromatic carbocycles. The van der Waals surface area contributed by atoms with Gasteiger partial charge in [-0.15, -0.1) is 0 Å². The number of hydrogen-bond donors (Lipinski definition) is 0. The third kappa shape index (κ3) is 1.79. The highest BCUT2D eigenvalue weighted by molar-refractivity contribution is 6.00. The summed E-state index contributed by atoms with van der Waals surface area (Å²) in [6.45, 7) is 0. The molecule has 5 heteroatoms. The Hall–Kier alpha value is -3.08. The summed E-state index contributed by atoms with van der Waals surface area (Å²) in [5.74, 6) is -1.16. The van der Waals surface area contributed by atoms with E-state index in [2.05, 4.69) is 0 Å². The highest BCUT2D eigenvalue weighted by Crippen LogP contribution is 2.40. The first-order valence-electron chi connectivity index (χ1n) is 6.28. The first kappa shape index (κ1) is 11.7. The molecule has 0 aliphatic carbocycles. The van der Waals surface area contributed by atoms with Crippen molar-refractivity contribution < 1.29 is 23.5 Å². The molecule has 2 bridgehead atoms. The Labute approximate surface area is 118 Å². The molecule has 0 spiro atoms. The molecule has 5 nitrogen and oxygen atoms in total. The van der Waals surface area contributed by atoms with Crippen LogP contribution in [0.1, 0.15) is 20.7 Å². The molecule has 102 valence electrons. The minimum absolute atomic E-state index is 0.114. The van der Waals surface area contributed by atoms with Crippen LogP contribution in [0.3, 0.4) is 0 Å². The lowest BCUT2D eigenvalue weighted by molar-refractivity contribution is 0.0660. The molecule has 0 N–H and O–H groups in total. The van der Waals surface area contributed by atoms with Crippen LogP contribution in [-0.2, 0) is 0 Å². The van der Waals surface area contributed by atoms with Crippen molar-refractivity contribution >= 4 is 22.9 Å². The van der Waals surface area contributed by atoms with Crippen LogP contribution < -0.4 is 9.47 Å². The summed E-state index contributed by atoms with van der Waals surface area (Å²) < 4.78 is 16.0. The summed E-state index contributed by atoms with van der Waals surface area (Å²) in [6.07, 6.45) is 0. The van der Waals surface area contributed by atoms with Gasteiger partial charge >= 0.3 is 17.9 Å². The number of ether oxygens (including phenoxy) is 2. The van der Waals surface area contributed by atoms with Gasteiger partial charge in [-0.2, -0.15) is 0 Å². The molecule has 0 radical (unpaired) electrons. The van der Waals surface area contributed by atoms with Crippen LogP contribution in [0.15, 0.2) is 52.9 Å². The van der Waals surface area contributed by atoms with E-state index in [-0.39, 0.29) is 22.8 Å². The predicted octanol–water partition coefficient (Wildman–Crippen LogP) is 3.18. The third-order valence-electron chi connectivity index (χ3n) is 3.23. The maximum absolute atomic E-state index is 12.2. The van der Waals surface area contributed by atoms with Crippen molar-refractivity contribution in [2.75, 3.05) is 0 Å². The quantitative estimate of drug-likeness (QED) is 0.592. The van der Waals surface area contributed by atoms with Crippen LogP contribution in [0, 0.1) is 0 Å². The molecule has 0 fully saturated rings. The number of carbonyl (C=O) groups excluding carboxylic acids is 2. The molecule has 0 unspecified atom stereocenters. The van der Waals surface area contributed by atoms with E-state index in [0.717, 1.165) is 0 Å². The van der Waals surface area contributed by atoms with Crippen LogP contribution in [0.5, 0.6) is 11.7 Å². The van der Waals surface area contributed by atoms with E-state index in [1.165, 1.54) is 6.07 Å². The van der Waals surface area contributed by atoms with Crippen molar-refractivity contribution in [3.63, 3.8) is 0 Å². The number of esters is 2. The molecule has 1 aliphatic heterocycles. The molecule has 1 aromatic heterocycles. The largest absolute Gasteiger partial charge is 0.422 e. The van der Waals surface area contributed by atoms with Crippen LogP contribution in [0.4, 0.5) is 0 Å². The number of fused-ring (bicyclic) bond motifs is 5. The second-order valence-electron chi connectivity index (χ2n) is 4.57. The number of hydrogen-bond acceptors (Lipinski definition) is 5. The summed E-state index contributed by atoms with van der Waals surface area (Å²) in [6, 6.07) is 13.1. The van der Waals surface area contributed by atoms with E-state index in [1.807, 2.05) is 0 Å². The maximum atomic E-state index is 12.2. The standard InChI is InChI=1S/C16H8O5/c17-14-9-4-3-5-10(8-9)15(18)21-16-13(20-14)11-6-1-2-7-12(11)19-16/h1-8H. The van der Waals surface area contributed by atoms with Gasteiger partial charge < -0.3 is 13.9 Å². The van der Waals surface area contributed by atoms with Gasteiger partial charge in [0.2, 0.25) is 5.75 Å². The smallest absolute Gasteiger partial charge is 0.346 e. The first-order chi connectivity index (χ1) is 10.2. The molecule has 21 heavy (non-hydrogen) atoms. The highest BCUT2D eigenvalue weighted by atomic mass is 16.6. The average molecular weight is 280 g/mol. The predicted molar refractivity (Wildman–Crippen MR) is 72.6 cm³/mol. The number of benzene rings is 2. The monoisotopic (exact) mass is 280 g/mol. The molecule has 0 saturated carbocycles. The molecule has 2 heterocycles. The molecule has 0 saturated heterocycles. The fourth-order valence-corrected chi connectivity index (χ4v) is 2.23. The van der Waals surface area contributed by atoms with Crippen molar-refractivity contribution in [1.82, 2.24) is 0 Å². The molecule has 0 atom stereocenters. The van der Waals surface area contributed by atoms with Gasteiger partial charge in [-0.1, -0.05) is 18.2 Å². The summed E-state index contributed by atoms with van der Waals surface area (Å²) in [7, 11) is 0. The fraction of sp³-hybridized carbons (Fsp3) is 0. The topological polar surface area (TPSA) is 65.7 Å². The Balaban J connectivity index is 1.96. The second kappa shape index (κ2) is 4.21. The van der Waals surface area contributed by atoms with Crippen LogP contribution in [0.2, 0.25) is 0 Å². The first-order valence-corrected chi connectivity index (χ1v) is 6.28. The third-order valence-corrected chi connectivity index (χ3v) is 3.23. The average Bonchev–Trinajstić information content (AvgIpc) is 2.85. The van der Waals surface area contributed by atoms with Crippen LogP contribution in [-0.4, -0.2) is 11.9 Å². The van der Waals surface area contributed by atoms with E-state index in [9.17, 15) is 9.59 Å². The zero-order valence-electron chi connectivity index (χ0n) is 10.7. The molecule has 3 aromatic rings. The zero-order chi connectivity index (χ0) is 14.4. The minimum Gasteiger partial charge on any atom is -0.422 e. The van der Waals surface area contributed by atoms with Gasteiger partial charge in [-0.25, -0.2) is 9.59 Å². The molecular formula is C16H8O5. The van der Waals surface area contributed by atoms with E-state index < -0.39 is 11.9 Å². The van der Waals surface area contributed by atoms with Crippen molar-refractivity contribution in [2.45, 2.75) is 0 Å². The van der Waals surface area contributed by atoms with Gasteiger partial charge in [-0.3, -0.25) is 0 Å². The van der Waals surface area contributed by atoms with Crippen LogP contribution in [0.25, 0.3) is 11.0 Å². The molecule has 0 amide bonds. The number of carbonyl (C=O) groups is 2. The lowest BCUT2D eigenvalue weighted by Crippen LogP contribution is -2.08. The van der Waals surface area contributed by atoms with Gasteiger partial charge in [0, 0.05) is 0 Å². The summed E-state index contributed by atoms with van der Waals surface area (Å²) in [4.78, 5) is 24.2. The Morgan fingerprint density at radius 2 is 1.48 bits per heavy atom. The summed E-state index contributed by atoms with van der Waals surface area (Å²) in [5, 5.41) is 0.573. The van der Waals surface area contributed by atoms with Crippen molar-refractivity contribution in [3.8, 4) is 11.7 Å².